The number of rotatable bonds is 14. The third-order valence-corrected chi connectivity index (χ3v) is 4.19. The molecule has 7 heteroatoms. The van der Waals surface area contributed by atoms with Gasteiger partial charge in [0.1, 0.15) is 17.2 Å². The summed E-state index contributed by atoms with van der Waals surface area (Å²) in [6, 6.07) is 3.74. The second-order valence-corrected chi connectivity index (χ2v) is 6.27. The van der Waals surface area contributed by atoms with Gasteiger partial charge >= 0.3 is 0 Å². The van der Waals surface area contributed by atoms with E-state index in [-0.39, 0.29) is 0 Å². The number of nitrogens with zero attached hydrogens (tertiary/aromatic N) is 1. The molecule has 0 fully saturated rings. The standard InChI is InChI=1S/C21H37N3O4/c1-6-8-13-28-14-9-11-23-21(22-7-2)24-12-10-18-19(26-4)15-17(25-3)16-20(18)27-5/h15-16H,6-14H2,1-5H3,(H2,22,23,24). The average Bonchev–Trinajstić information content (AvgIpc) is 2.72. The van der Waals surface area contributed by atoms with Gasteiger partial charge in [0.2, 0.25) is 0 Å². The molecule has 0 unspecified atom stereocenters. The Hall–Kier alpha value is -2.15. The summed E-state index contributed by atoms with van der Waals surface area (Å²) in [5.74, 6) is 3.03. The maximum atomic E-state index is 5.58. The van der Waals surface area contributed by atoms with Gasteiger partial charge in [0.25, 0.3) is 0 Å². The first-order valence-corrected chi connectivity index (χ1v) is 10.1. The fraction of sp³-hybridized carbons (Fsp3) is 0.667. The highest BCUT2D eigenvalue weighted by Crippen LogP contribution is 2.34. The molecule has 1 aromatic carbocycles. The van der Waals surface area contributed by atoms with Crippen molar-refractivity contribution in [2.75, 3.05) is 54.2 Å². The summed E-state index contributed by atoms with van der Waals surface area (Å²) in [4.78, 5) is 4.61. The van der Waals surface area contributed by atoms with E-state index in [1.807, 2.05) is 12.1 Å². The highest BCUT2D eigenvalue weighted by atomic mass is 16.5. The van der Waals surface area contributed by atoms with E-state index in [9.17, 15) is 0 Å². The maximum Gasteiger partial charge on any atom is 0.191 e. The SMILES string of the molecule is CCCCOCCCN=C(NCC)NCCc1c(OC)cc(OC)cc1OC. The minimum Gasteiger partial charge on any atom is -0.496 e. The summed E-state index contributed by atoms with van der Waals surface area (Å²) in [6.45, 7) is 8.06. The molecule has 0 aliphatic heterocycles. The first-order chi connectivity index (χ1) is 13.7. The average molecular weight is 396 g/mol. The molecule has 0 aromatic heterocycles. The smallest absolute Gasteiger partial charge is 0.191 e. The van der Waals surface area contributed by atoms with Crippen LogP contribution in [0.3, 0.4) is 0 Å². The monoisotopic (exact) mass is 395 g/mol. The molecule has 0 atom stereocenters. The molecule has 0 bridgehead atoms. The third kappa shape index (κ3) is 8.69. The number of ether oxygens (including phenoxy) is 4. The zero-order valence-corrected chi connectivity index (χ0v) is 18.1. The molecular formula is C21H37N3O4. The lowest BCUT2D eigenvalue weighted by molar-refractivity contribution is 0.130. The van der Waals surface area contributed by atoms with Crippen LogP contribution < -0.4 is 24.8 Å². The molecule has 0 heterocycles. The van der Waals surface area contributed by atoms with Crippen molar-refractivity contribution < 1.29 is 18.9 Å². The van der Waals surface area contributed by atoms with Gasteiger partial charge in [0.05, 0.1) is 21.3 Å². The zero-order chi connectivity index (χ0) is 20.6. The molecule has 0 aliphatic carbocycles. The maximum absolute atomic E-state index is 5.58. The van der Waals surface area contributed by atoms with E-state index in [0.29, 0.717) is 12.3 Å². The van der Waals surface area contributed by atoms with Gasteiger partial charge in [0.15, 0.2) is 5.96 Å². The molecule has 0 saturated carbocycles. The van der Waals surface area contributed by atoms with Gasteiger partial charge in [-0.2, -0.15) is 0 Å². The van der Waals surface area contributed by atoms with Gasteiger partial charge in [-0.1, -0.05) is 13.3 Å². The Labute approximate surface area is 169 Å². The molecule has 1 aromatic rings. The van der Waals surface area contributed by atoms with Gasteiger partial charge in [-0.25, -0.2) is 0 Å². The first-order valence-electron chi connectivity index (χ1n) is 10.1. The number of guanidine groups is 1. The molecule has 28 heavy (non-hydrogen) atoms. The molecule has 0 saturated heterocycles. The number of benzene rings is 1. The summed E-state index contributed by atoms with van der Waals surface area (Å²) in [5.41, 5.74) is 0.999. The Balaban J connectivity index is 2.56. The van der Waals surface area contributed by atoms with E-state index in [4.69, 9.17) is 18.9 Å². The third-order valence-electron chi connectivity index (χ3n) is 4.19. The Kier molecular flexibility index (Phi) is 12.7. The fourth-order valence-electron chi connectivity index (χ4n) is 2.68. The Morgan fingerprint density at radius 1 is 0.929 bits per heavy atom. The number of hydrogen-bond donors (Lipinski definition) is 2. The molecule has 0 radical (unpaired) electrons. The quantitative estimate of drug-likeness (QED) is 0.287. The topological polar surface area (TPSA) is 73.3 Å². The molecule has 1 rings (SSSR count). The van der Waals surface area contributed by atoms with Crippen LogP contribution in [0.2, 0.25) is 0 Å². The summed E-state index contributed by atoms with van der Waals surface area (Å²) in [7, 11) is 4.93. The molecule has 0 amide bonds. The Bertz CT molecular complexity index is 554. The van der Waals surface area contributed by atoms with Crippen LogP contribution in [0.25, 0.3) is 0 Å². The minimum atomic E-state index is 0.706. The van der Waals surface area contributed by atoms with Crippen LogP contribution in [-0.4, -0.2) is 60.1 Å². The summed E-state index contributed by atoms with van der Waals surface area (Å²) >= 11 is 0. The number of unbranched alkanes of at least 4 members (excludes halogenated alkanes) is 1. The van der Waals surface area contributed by atoms with Crippen LogP contribution in [0.15, 0.2) is 17.1 Å². The lowest BCUT2D eigenvalue weighted by atomic mass is 10.1. The van der Waals surface area contributed by atoms with Gasteiger partial charge in [-0.05, 0) is 26.2 Å². The van der Waals surface area contributed by atoms with Gasteiger partial charge in [-0.3, -0.25) is 4.99 Å². The molecule has 0 aliphatic rings. The van der Waals surface area contributed by atoms with Crippen LogP contribution in [0.5, 0.6) is 17.2 Å². The second kappa shape index (κ2) is 14.9. The van der Waals surface area contributed by atoms with E-state index < -0.39 is 0 Å². The van der Waals surface area contributed by atoms with Crippen LogP contribution in [0.4, 0.5) is 0 Å². The van der Waals surface area contributed by atoms with Crippen molar-refractivity contribution in [2.24, 2.45) is 4.99 Å². The predicted molar refractivity (Wildman–Crippen MR) is 114 cm³/mol. The van der Waals surface area contributed by atoms with Crippen molar-refractivity contribution in [1.82, 2.24) is 10.6 Å². The molecule has 7 nitrogen and oxygen atoms in total. The van der Waals surface area contributed by atoms with E-state index in [2.05, 4.69) is 29.5 Å². The fourth-order valence-corrected chi connectivity index (χ4v) is 2.68. The number of methoxy groups -OCH3 is 3. The van der Waals surface area contributed by atoms with Crippen molar-refractivity contribution in [3.05, 3.63) is 17.7 Å². The molecule has 2 N–H and O–H groups in total. The summed E-state index contributed by atoms with van der Waals surface area (Å²) in [5, 5.41) is 6.64. The molecule has 160 valence electrons. The summed E-state index contributed by atoms with van der Waals surface area (Å²) in [6.07, 6.45) is 3.93. The molecular weight excluding hydrogens is 358 g/mol. The van der Waals surface area contributed by atoms with Crippen molar-refractivity contribution in [3.63, 3.8) is 0 Å². The van der Waals surface area contributed by atoms with Crippen molar-refractivity contribution in [1.29, 1.82) is 0 Å². The van der Waals surface area contributed by atoms with Gasteiger partial charge < -0.3 is 29.6 Å². The van der Waals surface area contributed by atoms with Crippen LogP contribution in [0, 0.1) is 0 Å². The van der Waals surface area contributed by atoms with E-state index in [1.165, 1.54) is 0 Å². The lowest BCUT2D eigenvalue weighted by Crippen LogP contribution is -2.38. The minimum absolute atomic E-state index is 0.706. The molecule has 0 spiro atoms. The lowest BCUT2D eigenvalue weighted by Gasteiger charge is -2.16. The summed E-state index contributed by atoms with van der Waals surface area (Å²) < 4.78 is 21.9. The Morgan fingerprint density at radius 2 is 1.61 bits per heavy atom. The highest BCUT2D eigenvalue weighted by Gasteiger charge is 2.13. The zero-order valence-electron chi connectivity index (χ0n) is 18.1. The van der Waals surface area contributed by atoms with E-state index in [1.54, 1.807) is 21.3 Å². The van der Waals surface area contributed by atoms with Crippen molar-refractivity contribution in [2.45, 2.75) is 39.5 Å². The van der Waals surface area contributed by atoms with Gasteiger partial charge in [-0.15, -0.1) is 0 Å². The van der Waals surface area contributed by atoms with Crippen molar-refractivity contribution >= 4 is 5.96 Å². The van der Waals surface area contributed by atoms with E-state index in [0.717, 1.165) is 75.0 Å². The normalized spacial score (nSPS) is 11.2. The van der Waals surface area contributed by atoms with Crippen LogP contribution in [-0.2, 0) is 11.2 Å². The van der Waals surface area contributed by atoms with Gasteiger partial charge in [0, 0.05) is 50.5 Å². The number of nitrogens with one attached hydrogen (secondary N) is 2. The van der Waals surface area contributed by atoms with Crippen LogP contribution in [0.1, 0.15) is 38.7 Å². The van der Waals surface area contributed by atoms with Crippen molar-refractivity contribution in [3.8, 4) is 17.2 Å². The Morgan fingerprint density at radius 3 is 2.18 bits per heavy atom. The highest BCUT2D eigenvalue weighted by molar-refractivity contribution is 5.79. The number of aliphatic imine (C=N–C) groups is 1. The largest absolute Gasteiger partial charge is 0.496 e. The number of hydrogen-bond acceptors (Lipinski definition) is 5. The van der Waals surface area contributed by atoms with E-state index >= 15 is 0 Å². The van der Waals surface area contributed by atoms with Crippen LogP contribution >= 0.6 is 0 Å². The second-order valence-electron chi connectivity index (χ2n) is 6.27. The predicted octanol–water partition coefficient (Wildman–Crippen LogP) is 3.02. The first kappa shape index (κ1) is 23.9.